The van der Waals surface area contributed by atoms with Crippen LogP contribution in [0.1, 0.15) is 42.5 Å². The van der Waals surface area contributed by atoms with Gasteiger partial charge in [-0.2, -0.15) is 0 Å². The van der Waals surface area contributed by atoms with Crippen molar-refractivity contribution < 1.29 is 4.79 Å². The first-order chi connectivity index (χ1) is 10.1. The summed E-state index contributed by atoms with van der Waals surface area (Å²) >= 11 is 3.44. The molecular formula is C16H22BrN3O. The van der Waals surface area contributed by atoms with Crippen LogP contribution in [-0.2, 0) is 0 Å². The summed E-state index contributed by atoms with van der Waals surface area (Å²) in [5.74, 6) is -0.351. The molecule has 1 spiro atoms. The summed E-state index contributed by atoms with van der Waals surface area (Å²) in [5, 5.41) is 3.54. The van der Waals surface area contributed by atoms with Crippen LogP contribution in [0.3, 0.4) is 0 Å². The van der Waals surface area contributed by atoms with Crippen LogP contribution < -0.4 is 16.0 Å². The minimum absolute atomic E-state index is 0.147. The Bertz CT molecular complexity index is 532. The molecule has 1 amide bonds. The van der Waals surface area contributed by atoms with Gasteiger partial charge in [-0.05, 0) is 31.0 Å². The lowest BCUT2D eigenvalue weighted by atomic mass is 9.78. The van der Waals surface area contributed by atoms with E-state index in [1.165, 1.54) is 32.1 Å². The van der Waals surface area contributed by atoms with Gasteiger partial charge in [0.15, 0.2) is 0 Å². The predicted octanol–water partition coefficient (Wildman–Crippen LogP) is 2.66. The number of hydrogen-bond donors (Lipinski definition) is 2. The molecule has 3 rings (SSSR count). The molecular weight excluding hydrogens is 330 g/mol. The molecule has 114 valence electrons. The second kappa shape index (κ2) is 5.97. The SMILES string of the molecule is NC(=O)c1cc(Br)ccc1N1CCNCC12CCCCC2. The lowest BCUT2D eigenvalue weighted by Gasteiger charge is -2.51. The van der Waals surface area contributed by atoms with Gasteiger partial charge < -0.3 is 16.0 Å². The van der Waals surface area contributed by atoms with E-state index in [1.54, 1.807) is 0 Å². The number of anilines is 1. The van der Waals surface area contributed by atoms with Gasteiger partial charge in [0.05, 0.1) is 16.8 Å². The van der Waals surface area contributed by atoms with Crippen molar-refractivity contribution in [3.05, 3.63) is 28.2 Å². The van der Waals surface area contributed by atoms with Gasteiger partial charge in [-0.3, -0.25) is 4.79 Å². The minimum Gasteiger partial charge on any atom is -0.366 e. The Morgan fingerprint density at radius 3 is 2.76 bits per heavy atom. The number of nitrogens with two attached hydrogens (primary N) is 1. The van der Waals surface area contributed by atoms with E-state index in [-0.39, 0.29) is 11.4 Å². The lowest BCUT2D eigenvalue weighted by Crippen LogP contribution is -2.62. The van der Waals surface area contributed by atoms with E-state index < -0.39 is 0 Å². The van der Waals surface area contributed by atoms with E-state index in [0.717, 1.165) is 29.8 Å². The Labute approximate surface area is 134 Å². The molecule has 21 heavy (non-hydrogen) atoms. The van der Waals surface area contributed by atoms with Crippen molar-refractivity contribution >= 4 is 27.5 Å². The molecule has 3 N–H and O–H groups in total. The molecule has 0 aromatic heterocycles. The highest BCUT2D eigenvalue weighted by Crippen LogP contribution is 2.39. The van der Waals surface area contributed by atoms with E-state index in [9.17, 15) is 4.79 Å². The predicted molar refractivity (Wildman–Crippen MR) is 88.7 cm³/mol. The maximum Gasteiger partial charge on any atom is 0.250 e. The number of amides is 1. The summed E-state index contributed by atoms with van der Waals surface area (Å²) < 4.78 is 0.896. The van der Waals surface area contributed by atoms with Crippen LogP contribution in [-0.4, -0.2) is 31.1 Å². The average molecular weight is 352 g/mol. The Morgan fingerprint density at radius 1 is 1.29 bits per heavy atom. The van der Waals surface area contributed by atoms with E-state index in [2.05, 4.69) is 26.1 Å². The van der Waals surface area contributed by atoms with Gasteiger partial charge in [0.25, 0.3) is 5.91 Å². The topological polar surface area (TPSA) is 58.4 Å². The molecule has 1 aromatic carbocycles. The Hall–Kier alpha value is -1.07. The molecule has 1 aliphatic heterocycles. The summed E-state index contributed by atoms with van der Waals surface area (Å²) in [4.78, 5) is 14.3. The van der Waals surface area contributed by atoms with E-state index >= 15 is 0 Å². The number of carbonyl (C=O) groups excluding carboxylic acids is 1. The van der Waals surface area contributed by atoms with Crippen LogP contribution in [0.5, 0.6) is 0 Å². The zero-order valence-corrected chi connectivity index (χ0v) is 13.8. The zero-order chi connectivity index (χ0) is 14.9. The van der Waals surface area contributed by atoms with Crippen molar-refractivity contribution in [2.75, 3.05) is 24.5 Å². The maximum atomic E-state index is 11.8. The minimum atomic E-state index is -0.351. The lowest BCUT2D eigenvalue weighted by molar-refractivity contribution is 0.1000. The third kappa shape index (κ3) is 2.81. The number of halogens is 1. The number of piperazine rings is 1. The van der Waals surface area contributed by atoms with Gasteiger partial charge in [-0.1, -0.05) is 35.2 Å². The fourth-order valence-corrected chi connectivity index (χ4v) is 4.18. The number of carbonyl (C=O) groups is 1. The first-order valence-corrected chi connectivity index (χ1v) is 8.49. The fourth-order valence-electron chi connectivity index (χ4n) is 3.82. The van der Waals surface area contributed by atoms with Gasteiger partial charge in [0.1, 0.15) is 0 Å². The highest BCUT2D eigenvalue weighted by Gasteiger charge is 2.40. The van der Waals surface area contributed by atoms with Crippen LogP contribution in [0, 0.1) is 0 Å². The molecule has 4 nitrogen and oxygen atoms in total. The molecule has 1 aromatic rings. The average Bonchev–Trinajstić information content (AvgIpc) is 2.49. The number of benzene rings is 1. The van der Waals surface area contributed by atoms with Crippen LogP contribution >= 0.6 is 15.9 Å². The van der Waals surface area contributed by atoms with E-state index in [4.69, 9.17) is 5.73 Å². The van der Waals surface area contributed by atoms with Crippen molar-refractivity contribution in [3.63, 3.8) is 0 Å². The molecule has 0 unspecified atom stereocenters. The normalized spacial score (nSPS) is 21.5. The van der Waals surface area contributed by atoms with Crippen molar-refractivity contribution in [3.8, 4) is 0 Å². The van der Waals surface area contributed by atoms with Gasteiger partial charge in [0, 0.05) is 24.1 Å². The van der Waals surface area contributed by atoms with Gasteiger partial charge in [-0.25, -0.2) is 0 Å². The van der Waals surface area contributed by atoms with Crippen LogP contribution in [0.25, 0.3) is 0 Å². The van der Waals surface area contributed by atoms with Gasteiger partial charge in [0.2, 0.25) is 0 Å². The summed E-state index contributed by atoms with van der Waals surface area (Å²) in [7, 11) is 0. The monoisotopic (exact) mass is 351 g/mol. The van der Waals surface area contributed by atoms with Gasteiger partial charge in [-0.15, -0.1) is 0 Å². The molecule has 0 bridgehead atoms. The number of primary amides is 1. The van der Waals surface area contributed by atoms with Gasteiger partial charge >= 0.3 is 0 Å². The maximum absolute atomic E-state index is 11.8. The van der Waals surface area contributed by atoms with Crippen molar-refractivity contribution in [1.82, 2.24) is 5.32 Å². The summed E-state index contributed by atoms with van der Waals surface area (Å²) in [5.41, 5.74) is 7.37. The Balaban J connectivity index is 2.02. The first-order valence-electron chi connectivity index (χ1n) is 7.70. The first kappa shape index (κ1) is 14.9. The number of nitrogens with one attached hydrogen (secondary N) is 1. The largest absolute Gasteiger partial charge is 0.366 e. The molecule has 1 saturated heterocycles. The van der Waals surface area contributed by atoms with Crippen LogP contribution in [0.2, 0.25) is 0 Å². The number of nitrogens with zero attached hydrogens (tertiary/aromatic N) is 1. The van der Waals surface area contributed by atoms with E-state index in [1.807, 2.05) is 18.2 Å². The number of hydrogen-bond acceptors (Lipinski definition) is 3. The smallest absolute Gasteiger partial charge is 0.250 e. The highest BCUT2D eigenvalue weighted by atomic mass is 79.9. The summed E-state index contributed by atoms with van der Waals surface area (Å²) in [6.07, 6.45) is 6.22. The highest BCUT2D eigenvalue weighted by molar-refractivity contribution is 9.10. The second-order valence-corrected chi connectivity index (χ2v) is 7.05. The number of rotatable bonds is 2. The Morgan fingerprint density at radius 2 is 2.05 bits per heavy atom. The quantitative estimate of drug-likeness (QED) is 0.860. The molecule has 1 aliphatic carbocycles. The third-order valence-electron chi connectivity index (χ3n) is 4.84. The summed E-state index contributed by atoms with van der Waals surface area (Å²) in [6, 6.07) is 5.88. The molecule has 2 aliphatic rings. The molecule has 2 fully saturated rings. The molecule has 0 atom stereocenters. The van der Waals surface area contributed by atoms with Crippen LogP contribution in [0.4, 0.5) is 5.69 Å². The van der Waals surface area contributed by atoms with Crippen LogP contribution in [0.15, 0.2) is 22.7 Å². The van der Waals surface area contributed by atoms with Crippen molar-refractivity contribution in [2.24, 2.45) is 5.73 Å². The molecule has 0 radical (unpaired) electrons. The third-order valence-corrected chi connectivity index (χ3v) is 5.33. The fraction of sp³-hybridized carbons (Fsp3) is 0.562. The van der Waals surface area contributed by atoms with E-state index in [0.29, 0.717) is 5.56 Å². The second-order valence-electron chi connectivity index (χ2n) is 6.14. The van der Waals surface area contributed by atoms with Crippen molar-refractivity contribution in [1.29, 1.82) is 0 Å². The molecule has 1 heterocycles. The standard InChI is InChI=1S/C16H22BrN3O/c17-12-4-5-14(13(10-12)15(18)21)20-9-8-19-11-16(20)6-2-1-3-7-16/h4-5,10,19H,1-3,6-9,11H2,(H2,18,21). The van der Waals surface area contributed by atoms with Crippen molar-refractivity contribution in [2.45, 2.75) is 37.6 Å². The summed E-state index contributed by atoms with van der Waals surface area (Å²) in [6.45, 7) is 2.89. The zero-order valence-electron chi connectivity index (χ0n) is 12.2. The Kier molecular flexibility index (Phi) is 4.22. The molecule has 1 saturated carbocycles. The molecule has 5 heteroatoms.